The molecule has 2 aromatic carbocycles. The minimum atomic E-state index is -0.512. The van der Waals surface area contributed by atoms with E-state index in [4.69, 9.17) is 28.9 Å². The fraction of sp³-hybridized carbons (Fsp3) is 0.133. The molecule has 98 valence electrons. The Morgan fingerprint density at radius 1 is 1.11 bits per heavy atom. The lowest BCUT2D eigenvalue weighted by Crippen LogP contribution is -2.22. The fourth-order valence-electron chi connectivity index (χ4n) is 2.06. The number of hydrogen-bond acceptors (Lipinski definition) is 1. The lowest BCUT2D eigenvalue weighted by Gasteiger charge is -2.15. The second kappa shape index (κ2) is 6.09. The first-order valence-corrected chi connectivity index (χ1v) is 6.72. The normalized spacial score (nSPS) is 12.1. The van der Waals surface area contributed by atoms with E-state index in [0.717, 1.165) is 16.7 Å². The smallest absolute Gasteiger partial charge is 0.229 e. The molecule has 0 aliphatic heterocycles. The van der Waals surface area contributed by atoms with Crippen LogP contribution < -0.4 is 5.73 Å². The molecule has 19 heavy (non-hydrogen) atoms. The summed E-state index contributed by atoms with van der Waals surface area (Å²) in [5, 5.41) is 0.581. The van der Waals surface area contributed by atoms with Crippen molar-refractivity contribution >= 4 is 29.1 Å². The van der Waals surface area contributed by atoms with Gasteiger partial charge >= 0.3 is 0 Å². The summed E-state index contributed by atoms with van der Waals surface area (Å²) in [6.45, 7) is 0. The molecule has 2 N–H and O–H groups in total. The van der Waals surface area contributed by atoms with Crippen LogP contribution in [0.1, 0.15) is 22.6 Å². The van der Waals surface area contributed by atoms with Crippen LogP contribution in [-0.2, 0) is 10.7 Å². The average molecular weight is 294 g/mol. The Morgan fingerprint density at radius 3 is 2.32 bits per heavy atom. The summed E-state index contributed by atoms with van der Waals surface area (Å²) in [5.74, 6) is -0.523. The standard InChI is InChI=1S/C15H13Cl2NO/c16-9-10-3-1-4-11(7-10)14(15(18)19)12-5-2-6-13(17)8-12/h1-8,14H,9H2,(H2,18,19). The molecule has 0 saturated heterocycles. The van der Waals surface area contributed by atoms with E-state index in [-0.39, 0.29) is 0 Å². The van der Waals surface area contributed by atoms with Gasteiger partial charge in [0, 0.05) is 10.9 Å². The van der Waals surface area contributed by atoms with E-state index in [2.05, 4.69) is 0 Å². The van der Waals surface area contributed by atoms with E-state index < -0.39 is 11.8 Å². The van der Waals surface area contributed by atoms with Crippen LogP contribution in [0.15, 0.2) is 48.5 Å². The number of nitrogens with two attached hydrogens (primary N) is 1. The topological polar surface area (TPSA) is 43.1 Å². The molecule has 0 radical (unpaired) electrons. The molecule has 0 saturated carbocycles. The largest absolute Gasteiger partial charge is 0.369 e. The average Bonchev–Trinajstić information content (AvgIpc) is 2.39. The quantitative estimate of drug-likeness (QED) is 0.858. The minimum Gasteiger partial charge on any atom is -0.369 e. The highest BCUT2D eigenvalue weighted by Gasteiger charge is 2.20. The van der Waals surface area contributed by atoms with E-state index in [1.807, 2.05) is 30.3 Å². The van der Waals surface area contributed by atoms with E-state index in [9.17, 15) is 4.79 Å². The molecule has 2 aromatic rings. The minimum absolute atomic E-state index is 0.398. The van der Waals surface area contributed by atoms with Crippen LogP contribution in [0.2, 0.25) is 5.02 Å². The molecule has 0 aliphatic carbocycles. The third-order valence-corrected chi connectivity index (χ3v) is 3.45. The van der Waals surface area contributed by atoms with Gasteiger partial charge in [0.25, 0.3) is 0 Å². The summed E-state index contributed by atoms with van der Waals surface area (Å²) >= 11 is 11.8. The zero-order valence-electron chi connectivity index (χ0n) is 10.1. The molecule has 4 heteroatoms. The van der Waals surface area contributed by atoms with Crippen molar-refractivity contribution in [1.29, 1.82) is 0 Å². The maximum Gasteiger partial charge on any atom is 0.229 e. The van der Waals surface area contributed by atoms with Gasteiger partial charge in [-0.1, -0.05) is 48.0 Å². The molecule has 2 rings (SSSR count). The van der Waals surface area contributed by atoms with Crippen molar-refractivity contribution in [2.24, 2.45) is 5.73 Å². The second-order valence-electron chi connectivity index (χ2n) is 4.27. The summed E-state index contributed by atoms with van der Waals surface area (Å²) < 4.78 is 0. The molecule has 1 atom stereocenters. The van der Waals surface area contributed by atoms with Gasteiger partial charge in [0.2, 0.25) is 5.91 Å². The highest BCUT2D eigenvalue weighted by molar-refractivity contribution is 6.30. The Labute approximate surface area is 122 Å². The van der Waals surface area contributed by atoms with Gasteiger partial charge in [0.15, 0.2) is 0 Å². The number of rotatable bonds is 4. The lowest BCUT2D eigenvalue weighted by molar-refractivity contribution is -0.118. The number of carbonyl (C=O) groups excluding carboxylic acids is 1. The van der Waals surface area contributed by atoms with Gasteiger partial charge in [-0.15, -0.1) is 11.6 Å². The molecule has 0 spiro atoms. The van der Waals surface area contributed by atoms with E-state index in [1.165, 1.54) is 0 Å². The van der Waals surface area contributed by atoms with Crippen LogP contribution in [-0.4, -0.2) is 5.91 Å². The molecule has 1 amide bonds. The number of carbonyl (C=O) groups is 1. The van der Waals surface area contributed by atoms with Crippen LogP contribution >= 0.6 is 23.2 Å². The predicted octanol–water partition coefficient (Wildman–Crippen LogP) is 3.70. The third kappa shape index (κ3) is 3.28. The summed E-state index contributed by atoms with van der Waals surface area (Å²) in [5.41, 5.74) is 8.09. The highest BCUT2D eigenvalue weighted by atomic mass is 35.5. The SMILES string of the molecule is NC(=O)C(c1cccc(Cl)c1)c1cccc(CCl)c1. The summed E-state index contributed by atoms with van der Waals surface area (Å²) in [7, 11) is 0. The summed E-state index contributed by atoms with van der Waals surface area (Å²) in [6.07, 6.45) is 0. The number of benzene rings is 2. The molecular formula is C15H13Cl2NO. The van der Waals surface area contributed by atoms with Crippen LogP contribution in [0, 0.1) is 0 Å². The third-order valence-electron chi connectivity index (χ3n) is 2.91. The highest BCUT2D eigenvalue weighted by Crippen LogP contribution is 2.27. The number of alkyl halides is 1. The van der Waals surface area contributed by atoms with Gasteiger partial charge in [0.1, 0.15) is 0 Å². The van der Waals surface area contributed by atoms with Crippen molar-refractivity contribution in [2.45, 2.75) is 11.8 Å². The van der Waals surface area contributed by atoms with Gasteiger partial charge in [-0.3, -0.25) is 4.79 Å². The molecular weight excluding hydrogens is 281 g/mol. The van der Waals surface area contributed by atoms with Crippen molar-refractivity contribution in [3.63, 3.8) is 0 Å². The molecule has 0 aromatic heterocycles. The number of hydrogen-bond donors (Lipinski definition) is 1. The first kappa shape index (κ1) is 13.9. The Bertz CT molecular complexity index is 598. The Morgan fingerprint density at radius 2 is 1.74 bits per heavy atom. The van der Waals surface area contributed by atoms with E-state index in [0.29, 0.717) is 10.9 Å². The first-order valence-electron chi connectivity index (χ1n) is 5.81. The summed E-state index contributed by atoms with van der Waals surface area (Å²) in [6, 6.07) is 14.7. The van der Waals surface area contributed by atoms with Crippen LogP contribution in [0.3, 0.4) is 0 Å². The van der Waals surface area contributed by atoms with Crippen LogP contribution in [0.5, 0.6) is 0 Å². The van der Waals surface area contributed by atoms with Crippen LogP contribution in [0.25, 0.3) is 0 Å². The van der Waals surface area contributed by atoms with Gasteiger partial charge in [0.05, 0.1) is 5.92 Å². The van der Waals surface area contributed by atoms with Crippen molar-refractivity contribution in [3.05, 3.63) is 70.2 Å². The number of primary amides is 1. The van der Waals surface area contributed by atoms with Crippen molar-refractivity contribution in [1.82, 2.24) is 0 Å². The van der Waals surface area contributed by atoms with E-state index in [1.54, 1.807) is 18.2 Å². The lowest BCUT2D eigenvalue weighted by atomic mass is 9.90. The van der Waals surface area contributed by atoms with Crippen LogP contribution in [0.4, 0.5) is 0 Å². The van der Waals surface area contributed by atoms with Gasteiger partial charge in [-0.25, -0.2) is 0 Å². The zero-order chi connectivity index (χ0) is 13.8. The molecule has 0 heterocycles. The Kier molecular flexibility index (Phi) is 4.46. The van der Waals surface area contributed by atoms with E-state index >= 15 is 0 Å². The number of amides is 1. The van der Waals surface area contributed by atoms with Crippen molar-refractivity contribution in [3.8, 4) is 0 Å². The monoisotopic (exact) mass is 293 g/mol. The van der Waals surface area contributed by atoms with Gasteiger partial charge in [-0.2, -0.15) is 0 Å². The molecule has 0 bridgehead atoms. The van der Waals surface area contributed by atoms with Crippen molar-refractivity contribution in [2.75, 3.05) is 0 Å². The fourth-order valence-corrected chi connectivity index (χ4v) is 2.43. The summed E-state index contributed by atoms with van der Waals surface area (Å²) in [4.78, 5) is 11.8. The molecule has 1 unspecified atom stereocenters. The zero-order valence-corrected chi connectivity index (χ0v) is 11.7. The molecule has 2 nitrogen and oxygen atoms in total. The first-order chi connectivity index (χ1) is 9.11. The Balaban J connectivity index is 2.48. The predicted molar refractivity (Wildman–Crippen MR) is 78.5 cm³/mol. The molecule has 0 aliphatic rings. The van der Waals surface area contributed by atoms with Gasteiger partial charge in [-0.05, 0) is 28.8 Å². The maximum absolute atomic E-state index is 11.8. The molecule has 0 fully saturated rings. The second-order valence-corrected chi connectivity index (χ2v) is 4.97. The Hall–Kier alpha value is -1.51. The maximum atomic E-state index is 11.8. The number of halogens is 2. The van der Waals surface area contributed by atoms with Gasteiger partial charge < -0.3 is 5.73 Å². The van der Waals surface area contributed by atoms with Crippen molar-refractivity contribution < 1.29 is 4.79 Å².